The van der Waals surface area contributed by atoms with Crippen LogP contribution in [-0.4, -0.2) is 0 Å². The topological polar surface area (TPSA) is 14.1 Å². The fourth-order valence-corrected chi connectivity index (χ4v) is 0.619. The minimum absolute atomic E-state index is 0. The standard InChI is InChI=1S/C8H8N.Li/c1-2-9-8-6-4-3-5-7-8;/h2-7H,1H2;/q-1;+1. The van der Waals surface area contributed by atoms with Crippen molar-refractivity contribution < 1.29 is 18.9 Å². The van der Waals surface area contributed by atoms with Crippen LogP contribution < -0.4 is 18.9 Å². The minimum Gasteiger partial charge on any atom is -0.665 e. The predicted octanol–water partition coefficient (Wildman–Crippen LogP) is -0.161. The second-order valence-corrected chi connectivity index (χ2v) is 1.65. The van der Waals surface area contributed by atoms with Gasteiger partial charge >= 0.3 is 18.9 Å². The number of hydrogen-bond acceptors (Lipinski definition) is 0. The second kappa shape index (κ2) is 5.17. The summed E-state index contributed by atoms with van der Waals surface area (Å²) in [4.78, 5) is 0. The third kappa shape index (κ3) is 2.77. The van der Waals surface area contributed by atoms with E-state index in [9.17, 15) is 0 Å². The van der Waals surface area contributed by atoms with Crippen LogP contribution in [0.15, 0.2) is 43.1 Å². The molecule has 0 aromatic heterocycles. The van der Waals surface area contributed by atoms with E-state index in [0.717, 1.165) is 5.69 Å². The molecule has 0 fully saturated rings. The van der Waals surface area contributed by atoms with Crippen molar-refractivity contribution in [3.05, 3.63) is 48.4 Å². The summed E-state index contributed by atoms with van der Waals surface area (Å²) >= 11 is 0. The zero-order chi connectivity index (χ0) is 6.53. The van der Waals surface area contributed by atoms with Crippen molar-refractivity contribution in [1.29, 1.82) is 0 Å². The van der Waals surface area contributed by atoms with Gasteiger partial charge in [0, 0.05) is 0 Å². The molecule has 10 heavy (non-hydrogen) atoms. The molecule has 1 rings (SSSR count). The van der Waals surface area contributed by atoms with Crippen LogP contribution >= 0.6 is 0 Å². The van der Waals surface area contributed by atoms with Crippen molar-refractivity contribution in [2.75, 3.05) is 0 Å². The average molecular weight is 125 g/mol. The van der Waals surface area contributed by atoms with Gasteiger partial charge in [0.05, 0.1) is 0 Å². The summed E-state index contributed by atoms with van der Waals surface area (Å²) in [5, 5.41) is 3.97. The van der Waals surface area contributed by atoms with Gasteiger partial charge in [0.2, 0.25) is 0 Å². The summed E-state index contributed by atoms with van der Waals surface area (Å²) in [5.74, 6) is 0. The quantitative estimate of drug-likeness (QED) is 0.487. The number of rotatable bonds is 2. The van der Waals surface area contributed by atoms with Crippen molar-refractivity contribution in [3.8, 4) is 0 Å². The van der Waals surface area contributed by atoms with Gasteiger partial charge in [-0.2, -0.15) is 6.20 Å². The van der Waals surface area contributed by atoms with E-state index in [0.29, 0.717) is 0 Å². The summed E-state index contributed by atoms with van der Waals surface area (Å²) in [5.41, 5.74) is 0.951. The molecule has 0 radical (unpaired) electrons. The zero-order valence-corrected chi connectivity index (χ0v) is 6.12. The van der Waals surface area contributed by atoms with E-state index >= 15 is 0 Å². The molecule has 0 atom stereocenters. The van der Waals surface area contributed by atoms with Gasteiger partial charge in [-0.1, -0.05) is 30.3 Å². The number of hydrogen-bond donors (Lipinski definition) is 0. The van der Waals surface area contributed by atoms with Gasteiger partial charge in [-0.15, -0.1) is 12.3 Å². The van der Waals surface area contributed by atoms with E-state index in [1.54, 1.807) is 0 Å². The van der Waals surface area contributed by atoms with E-state index < -0.39 is 0 Å². The van der Waals surface area contributed by atoms with Crippen molar-refractivity contribution >= 4 is 5.69 Å². The molecule has 1 aromatic rings. The molecule has 0 heterocycles. The Labute approximate surface area is 73.3 Å². The molecule has 0 aliphatic heterocycles. The van der Waals surface area contributed by atoms with Crippen LogP contribution in [-0.2, 0) is 0 Å². The third-order valence-electron chi connectivity index (χ3n) is 0.997. The molecule has 0 N–H and O–H groups in total. The normalized spacial score (nSPS) is 7.60. The Bertz CT molecular complexity index is 184. The maximum Gasteiger partial charge on any atom is 1.00 e. The Balaban J connectivity index is 0.000000810. The van der Waals surface area contributed by atoms with E-state index in [-0.39, 0.29) is 18.9 Å². The Kier molecular flexibility index (Phi) is 4.83. The molecule has 46 valence electrons. The predicted molar refractivity (Wildman–Crippen MR) is 39.7 cm³/mol. The van der Waals surface area contributed by atoms with Crippen molar-refractivity contribution in [2.45, 2.75) is 0 Å². The van der Waals surface area contributed by atoms with Gasteiger partial charge in [-0.25, -0.2) is 0 Å². The minimum atomic E-state index is 0. The molecule has 0 bridgehead atoms. The van der Waals surface area contributed by atoms with Crippen molar-refractivity contribution in [2.24, 2.45) is 0 Å². The average Bonchev–Trinajstić information content (AvgIpc) is 1.91. The van der Waals surface area contributed by atoms with Crippen LogP contribution in [0, 0.1) is 0 Å². The van der Waals surface area contributed by atoms with Crippen LogP contribution in [0.25, 0.3) is 5.32 Å². The SMILES string of the molecule is C=C[N-]c1ccccc1.[Li+]. The zero-order valence-electron chi connectivity index (χ0n) is 6.12. The summed E-state index contributed by atoms with van der Waals surface area (Å²) in [6.07, 6.45) is 1.54. The molecule has 0 spiro atoms. The van der Waals surface area contributed by atoms with E-state index in [1.807, 2.05) is 30.3 Å². The monoisotopic (exact) mass is 125 g/mol. The van der Waals surface area contributed by atoms with Gasteiger partial charge in [0.25, 0.3) is 0 Å². The molecule has 0 aliphatic carbocycles. The molecule has 1 nitrogen and oxygen atoms in total. The molecule has 0 unspecified atom stereocenters. The molecule has 0 amide bonds. The van der Waals surface area contributed by atoms with Gasteiger partial charge in [-0.3, -0.25) is 0 Å². The molecular weight excluding hydrogens is 117 g/mol. The summed E-state index contributed by atoms with van der Waals surface area (Å²) < 4.78 is 0. The maximum atomic E-state index is 3.97. The number of benzene rings is 1. The van der Waals surface area contributed by atoms with Crippen LogP contribution in [0.2, 0.25) is 0 Å². The summed E-state index contributed by atoms with van der Waals surface area (Å²) in [7, 11) is 0. The van der Waals surface area contributed by atoms with Gasteiger partial charge in [0.15, 0.2) is 0 Å². The van der Waals surface area contributed by atoms with Gasteiger partial charge < -0.3 is 5.32 Å². The number of nitrogens with zero attached hydrogens (tertiary/aromatic N) is 1. The Morgan fingerprint density at radius 3 is 2.30 bits per heavy atom. The smallest absolute Gasteiger partial charge is 0.665 e. The molecule has 1 aromatic carbocycles. The first-order chi connectivity index (χ1) is 4.43. The van der Waals surface area contributed by atoms with Crippen molar-refractivity contribution in [1.82, 2.24) is 0 Å². The third-order valence-corrected chi connectivity index (χ3v) is 0.997. The second-order valence-electron chi connectivity index (χ2n) is 1.65. The first-order valence-corrected chi connectivity index (χ1v) is 2.80. The molecule has 0 saturated heterocycles. The summed E-state index contributed by atoms with van der Waals surface area (Å²) in [6, 6.07) is 9.72. The number of para-hydroxylation sites is 1. The molecular formula is C8H8LiN. The fourth-order valence-electron chi connectivity index (χ4n) is 0.619. The Morgan fingerprint density at radius 1 is 1.20 bits per heavy atom. The molecule has 0 saturated carbocycles. The first-order valence-electron chi connectivity index (χ1n) is 2.80. The summed E-state index contributed by atoms with van der Waals surface area (Å²) in [6.45, 7) is 3.49. The fraction of sp³-hybridized carbons (Fsp3) is 0. The van der Waals surface area contributed by atoms with E-state index in [1.165, 1.54) is 6.20 Å². The molecule has 0 aliphatic rings. The van der Waals surface area contributed by atoms with Gasteiger partial charge in [-0.05, 0) is 0 Å². The van der Waals surface area contributed by atoms with E-state index in [2.05, 4.69) is 11.9 Å². The van der Waals surface area contributed by atoms with Crippen LogP contribution in [0.1, 0.15) is 0 Å². The van der Waals surface area contributed by atoms with Gasteiger partial charge in [0.1, 0.15) is 0 Å². The van der Waals surface area contributed by atoms with Crippen LogP contribution in [0.3, 0.4) is 0 Å². The first kappa shape index (κ1) is 9.36. The largest absolute Gasteiger partial charge is 1.00 e. The Morgan fingerprint density at radius 2 is 1.80 bits per heavy atom. The Hall–Kier alpha value is -0.643. The van der Waals surface area contributed by atoms with E-state index in [4.69, 9.17) is 0 Å². The van der Waals surface area contributed by atoms with Crippen LogP contribution in [0.5, 0.6) is 0 Å². The van der Waals surface area contributed by atoms with Crippen molar-refractivity contribution in [3.63, 3.8) is 0 Å². The molecule has 2 heteroatoms. The maximum absolute atomic E-state index is 3.97. The van der Waals surface area contributed by atoms with Crippen LogP contribution in [0.4, 0.5) is 5.69 Å².